The van der Waals surface area contributed by atoms with Gasteiger partial charge in [-0.3, -0.25) is 4.79 Å². The summed E-state index contributed by atoms with van der Waals surface area (Å²) in [7, 11) is 0. The minimum Gasteiger partial charge on any atom is -0.487 e. The number of anilines is 1. The number of benzene rings is 3. The van der Waals surface area contributed by atoms with Crippen LogP contribution in [0.2, 0.25) is 10.0 Å². The van der Waals surface area contributed by atoms with E-state index in [-0.39, 0.29) is 18.8 Å². The van der Waals surface area contributed by atoms with Gasteiger partial charge in [-0.1, -0.05) is 29.3 Å². The average Bonchev–Trinajstić information content (AvgIpc) is 2.84. The molecule has 0 aliphatic carbocycles. The molecule has 0 bridgehead atoms. The van der Waals surface area contributed by atoms with E-state index in [1.54, 1.807) is 55.5 Å². The number of ether oxygens (including phenoxy) is 2. The highest BCUT2D eigenvalue weighted by Gasteiger charge is 2.14. The molecule has 0 aromatic heterocycles. The van der Waals surface area contributed by atoms with E-state index in [4.69, 9.17) is 32.7 Å². The Balaban J connectivity index is 1.72. The number of nitrogens with zero attached hydrogens (tertiary/aromatic N) is 1. The number of nitrogens with one attached hydrogen (secondary N) is 1. The third-order valence-corrected chi connectivity index (χ3v) is 6.85. The maximum absolute atomic E-state index is 12.7. The molecule has 0 aliphatic heterocycles. The highest BCUT2D eigenvalue weighted by atomic mass is 127. The van der Waals surface area contributed by atoms with E-state index in [2.05, 4.69) is 43.8 Å². The Labute approximate surface area is 240 Å². The van der Waals surface area contributed by atoms with Crippen molar-refractivity contribution in [1.82, 2.24) is 0 Å². The zero-order valence-electron chi connectivity index (χ0n) is 18.8. The number of carbonyl (C=O) groups excluding carboxylic acids is 2. The molecular formula is C26H18BrCl2IN2O4. The standard InChI is InChI=1S/C26H18BrCl2IN2O4/c1-2-35-26(34)17-4-6-19(7-5-17)32-25(33)18(13-31)9-16-10-20(27)24(23(30)12-16)36-14-15-3-8-21(28)22(29)11-15/h3-12H,2,14H2,1H3,(H,32,33)/b18-9+. The van der Waals surface area contributed by atoms with Gasteiger partial charge in [0.1, 0.15) is 24.0 Å². The van der Waals surface area contributed by atoms with E-state index >= 15 is 0 Å². The molecule has 36 heavy (non-hydrogen) atoms. The molecular weight excluding hydrogens is 682 g/mol. The zero-order valence-corrected chi connectivity index (χ0v) is 24.0. The number of esters is 1. The van der Waals surface area contributed by atoms with Crippen molar-refractivity contribution in [2.75, 3.05) is 11.9 Å². The Morgan fingerprint density at radius 2 is 1.83 bits per heavy atom. The van der Waals surface area contributed by atoms with Crippen molar-refractivity contribution in [2.24, 2.45) is 0 Å². The van der Waals surface area contributed by atoms with Crippen LogP contribution in [0.15, 0.2) is 64.6 Å². The third-order valence-electron chi connectivity index (χ3n) is 4.72. The molecule has 3 aromatic rings. The summed E-state index contributed by atoms with van der Waals surface area (Å²) < 4.78 is 12.3. The maximum Gasteiger partial charge on any atom is 0.338 e. The SMILES string of the molecule is CCOC(=O)c1ccc(NC(=O)/C(C#N)=C/c2cc(Br)c(OCc3ccc(Cl)c(Cl)c3)c(I)c2)cc1. The summed E-state index contributed by atoms with van der Waals surface area (Å²) in [5, 5.41) is 13.1. The smallest absolute Gasteiger partial charge is 0.338 e. The molecule has 0 radical (unpaired) electrons. The van der Waals surface area contributed by atoms with E-state index in [0.29, 0.717) is 37.1 Å². The first-order valence-electron chi connectivity index (χ1n) is 10.5. The minimum absolute atomic E-state index is 0.0864. The molecule has 1 N–H and O–H groups in total. The van der Waals surface area contributed by atoms with Gasteiger partial charge in [-0.05, 0) is 111 Å². The van der Waals surface area contributed by atoms with Crippen LogP contribution in [0.1, 0.15) is 28.4 Å². The first kappa shape index (κ1) is 28.0. The van der Waals surface area contributed by atoms with Crippen molar-refractivity contribution >= 4 is 85.4 Å². The van der Waals surface area contributed by atoms with Crippen LogP contribution in [0.4, 0.5) is 5.69 Å². The predicted molar refractivity (Wildman–Crippen MR) is 152 cm³/mol. The number of amides is 1. The average molecular weight is 700 g/mol. The molecule has 0 atom stereocenters. The number of carbonyl (C=O) groups is 2. The number of nitriles is 1. The molecule has 10 heteroatoms. The van der Waals surface area contributed by atoms with Gasteiger partial charge in [-0.2, -0.15) is 5.26 Å². The summed E-state index contributed by atoms with van der Waals surface area (Å²) >= 11 is 17.7. The molecule has 184 valence electrons. The molecule has 0 saturated carbocycles. The normalized spacial score (nSPS) is 10.9. The molecule has 0 aliphatic rings. The van der Waals surface area contributed by atoms with Crippen LogP contribution >= 0.6 is 61.7 Å². The van der Waals surface area contributed by atoms with Crippen LogP contribution in [0.5, 0.6) is 5.75 Å². The van der Waals surface area contributed by atoms with Gasteiger partial charge in [0, 0.05) is 5.69 Å². The molecule has 6 nitrogen and oxygen atoms in total. The lowest BCUT2D eigenvalue weighted by Crippen LogP contribution is -2.13. The summed E-state index contributed by atoms with van der Waals surface area (Å²) in [6.45, 7) is 2.27. The molecule has 0 fully saturated rings. The molecule has 3 rings (SSSR count). The Morgan fingerprint density at radius 3 is 2.44 bits per heavy atom. The summed E-state index contributed by atoms with van der Waals surface area (Å²) in [5.41, 5.74) is 2.21. The van der Waals surface area contributed by atoms with Gasteiger partial charge < -0.3 is 14.8 Å². The van der Waals surface area contributed by atoms with Crippen molar-refractivity contribution in [1.29, 1.82) is 5.26 Å². The Hall–Kier alpha value is -2.58. The van der Waals surface area contributed by atoms with Gasteiger partial charge in [0.15, 0.2) is 0 Å². The second-order valence-corrected chi connectivity index (χ2v) is 10.1. The third kappa shape index (κ3) is 7.46. The van der Waals surface area contributed by atoms with Crippen LogP contribution in [-0.4, -0.2) is 18.5 Å². The quantitative estimate of drug-likeness (QED) is 0.113. The highest BCUT2D eigenvalue weighted by molar-refractivity contribution is 14.1. The second kappa shape index (κ2) is 13.1. The summed E-state index contributed by atoms with van der Waals surface area (Å²) in [6, 6.07) is 17.0. The minimum atomic E-state index is -0.576. The predicted octanol–water partition coefficient (Wildman–Crippen LogP) is 7.66. The van der Waals surface area contributed by atoms with E-state index in [0.717, 1.165) is 9.13 Å². The number of hydrogen-bond acceptors (Lipinski definition) is 5. The maximum atomic E-state index is 12.7. The summed E-state index contributed by atoms with van der Waals surface area (Å²) in [5.74, 6) is -0.409. The number of hydrogen-bond donors (Lipinski definition) is 1. The van der Waals surface area contributed by atoms with Crippen LogP contribution in [0.3, 0.4) is 0 Å². The first-order chi connectivity index (χ1) is 17.2. The van der Waals surface area contributed by atoms with Crippen LogP contribution < -0.4 is 10.1 Å². The van der Waals surface area contributed by atoms with Crippen molar-refractivity contribution in [3.05, 3.63) is 94.9 Å². The first-order valence-corrected chi connectivity index (χ1v) is 13.1. The fourth-order valence-electron chi connectivity index (χ4n) is 3.00. The largest absolute Gasteiger partial charge is 0.487 e. The zero-order chi connectivity index (χ0) is 26.2. The molecule has 0 spiro atoms. The van der Waals surface area contributed by atoms with Gasteiger partial charge in [-0.25, -0.2) is 4.79 Å². The van der Waals surface area contributed by atoms with Crippen LogP contribution in [-0.2, 0) is 16.1 Å². The fourth-order valence-corrected chi connectivity index (χ4v) is 5.09. The van der Waals surface area contributed by atoms with Gasteiger partial charge in [-0.15, -0.1) is 0 Å². The van der Waals surface area contributed by atoms with Gasteiger partial charge in [0.2, 0.25) is 0 Å². The number of rotatable bonds is 8. The van der Waals surface area contributed by atoms with Crippen LogP contribution in [0.25, 0.3) is 6.08 Å². The second-order valence-electron chi connectivity index (χ2n) is 7.27. The van der Waals surface area contributed by atoms with E-state index in [9.17, 15) is 14.9 Å². The van der Waals surface area contributed by atoms with Gasteiger partial charge in [0.25, 0.3) is 5.91 Å². The van der Waals surface area contributed by atoms with Crippen molar-refractivity contribution in [3.8, 4) is 11.8 Å². The molecule has 0 saturated heterocycles. The van der Waals surface area contributed by atoms with Gasteiger partial charge >= 0.3 is 5.97 Å². The molecule has 0 unspecified atom stereocenters. The lowest BCUT2D eigenvalue weighted by molar-refractivity contribution is -0.112. The number of halogens is 4. The monoisotopic (exact) mass is 698 g/mol. The molecule has 3 aromatic carbocycles. The fraction of sp³-hybridized carbons (Fsp3) is 0.115. The van der Waals surface area contributed by atoms with E-state index in [1.165, 1.54) is 6.08 Å². The Bertz CT molecular complexity index is 1350. The Morgan fingerprint density at radius 1 is 1.11 bits per heavy atom. The summed E-state index contributed by atoms with van der Waals surface area (Å²) in [6.07, 6.45) is 1.48. The van der Waals surface area contributed by atoms with Crippen molar-refractivity contribution in [2.45, 2.75) is 13.5 Å². The molecule has 0 heterocycles. The topological polar surface area (TPSA) is 88.4 Å². The van der Waals surface area contributed by atoms with Crippen LogP contribution in [0, 0.1) is 14.9 Å². The lowest BCUT2D eigenvalue weighted by atomic mass is 10.1. The van der Waals surface area contributed by atoms with E-state index < -0.39 is 11.9 Å². The van der Waals surface area contributed by atoms with Crippen molar-refractivity contribution in [3.63, 3.8) is 0 Å². The molecule has 1 amide bonds. The van der Waals surface area contributed by atoms with Gasteiger partial charge in [0.05, 0.1) is 30.3 Å². The highest BCUT2D eigenvalue weighted by Crippen LogP contribution is 2.34. The Kier molecular flexibility index (Phi) is 10.2. The lowest BCUT2D eigenvalue weighted by Gasteiger charge is -2.12. The summed E-state index contributed by atoms with van der Waals surface area (Å²) in [4.78, 5) is 24.4. The van der Waals surface area contributed by atoms with Crippen molar-refractivity contribution < 1.29 is 19.1 Å². The van der Waals surface area contributed by atoms with E-state index in [1.807, 2.05) is 12.1 Å².